The SMILES string of the molecule is CO[C@@H]1C[C@@H](CO)N(Cc2ccn(-c3ccccc3)n2)C1. The first-order chi connectivity index (χ1) is 10.3. The van der Waals surface area contributed by atoms with Gasteiger partial charge in [-0.15, -0.1) is 0 Å². The first-order valence-corrected chi connectivity index (χ1v) is 7.28. The molecule has 2 atom stereocenters. The van der Waals surface area contributed by atoms with Gasteiger partial charge in [-0.3, -0.25) is 4.90 Å². The van der Waals surface area contributed by atoms with Crippen LogP contribution in [0.3, 0.4) is 0 Å². The Morgan fingerprint density at radius 2 is 2.10 bits per heavy atom. The third kappa shape index (κ3) is 3.15. The van der Waals surface area contributed by atoms with Crippen molar-refractivity contribution in [3.63, 3.8) is 0 Å². The fourth-order valence-electron chi connectivity index (χ4n) is 2.87. The van der Waals surface area contributed by atoms with Gasteiger partial charge >= 0.3 is 0 Å². The van der Waals surface area contributed by atoms with Crippen molar-refractivity contribution < 1.29 is 9.84 Å². The number of nitrogens with zero attached hydrogens (tertiary/aromatic N) is 3. The number of para-hydroxylation sites is 1. The second kappa shape index (κ2) is 6.39. The summed E-state index contributed by atoms with van der Waals surface area (Å²) < 4.78 is 7.29. The average molecular weight is 287 g/mol. The zero-order valence-corrected chi connectivity index (χ0v) is 12.2. The standard InChI is InChI=1S/C16H21N3O2/c1-21-16-9-15(12-20)18(11-16)10-13-7-8-19(17-13)14-5-3-2-4-6-14/h2-8,15-16,20H,9-12H2,1H3/t15-,16+/m0/s1. The van der Waals surface area contributed by atoms with Crippen LogP contribution in [0.1, 0.15) is 12.1 Å². The Labute approximate surface area is 124 Å². The Kier molecular flexibility index (Phi) is 4.34. The molecule has 1 aromatic carbocycles. The highest BCUT2D eigenvalue weighted by Crippen LogP contribution is 2.21. The van der Waals surface area contributed by atoms with Gasteiger partial charge in [0, 0.05) is 32.4 Å². The van der Waals surface area contributed by atoms with E-state index in [4.69, 9.17) is 4.74 Å². The van der Waals surface area contributed by atoms with Crippen LogP contribution in [0.25, 0.3) is 5.69 Å². The van der Waals surface area contributed by atoms with Crippen LogP contribution in [0, 0.1) is 0 Å². The number of rotatable bonds is 5. The smallest absolute Gasteiger partial charge is 0.0769 e. The van der Waals surface area contributed by atoms with Crippen molar-refractivity contribution in [3.8, 4) is 5.69 Å². The maximum absolute atomic E-state index is 9.49. The summed E-state index contributed by atoms with van der Waals surface area (Å²) in [4.78, 5) is 2.24. The number of aromatic nitrogens is 2. The molecule has 2 heterocycles. The van der Waals surface area contributed by atoms with Crippen molar-refractivity contribution in [1.82, 2.24) is 14.7 Å². The van der Waals surface area contributed by atoms with Crippen LogP contribution >= 0.6 is 0 Å². The van der Waals surface area contributed by atoms with Gasteiger partial charge < -0.3 is 9.84 Å². The Hall–Kier alpha value is -1.69. The highest BCUT2D eigenvalue weighted by Gasteiger charge is 2.31. The molecule has 1 N–H and O–H groups in total. The maximum atomic E-state index is 9.49. The second-order valence-corrected chi connectivity index (χ2v) is 5.45. The predicted octanol–water partition coefficient (Wildman–Crippen LogP) is 1.45. The van der Waals surface area contributed by atoms with Gasteiger partial charge in [-0.05, 0) is 24.6 Å². The van der Waals surface area contributed by atoms with E-state index in [9.17, 15) is 5.11 Å². The molecule has 3 rings (SSSR count). The molecular formula is C16H21N3O2. The van der Waals surface area contributed by atoms with E-state index < -0.39 is 0 Å². The van der Waals surface area contributed by atoms with Crippen molar-refractivity contribution >= 4 is 0 Å². The molecule has 1 aliphatic heterocycles. The van der Waals surface area contributed by atoms with Crippen LogP contribution in [-0.2, 0) is 11.3 Å². The fourth-order valence-corrected chi connectivity index (χ4v) is 2.87. The van der Waals surface area contributed by atoms with E-state index in [1.165, 1.54) is 0 Å². The third-order valence-corrected chi connectivity index (χ3v) is 4.06. The van der Waals surface area contributed by atoms with Crippen LogP contribution in [0.5, 0.6) is 0 Å². The largest absolute Gasteiger partial charge is 0.395 e. The van der Waals surface area contributed by atoms with Crippen LogP contribution in [-0.4, -0.2) is 52.2 Å². The number of aliphatic hydroxyl groups is 1. The molecule has 1 aliphatic rings. The molecule has 0 radical (unpaired) electrons. The van der Waals surface area contributed by atoms with Crippen LogP contribution < -0.4 is 0 Å². The minimum Gasteiger partial charge on any atom is -0.395 e. The van der Waals surface area contributed by atoms with Crippen LogP contribution in [0.15, 0.2) is 42.6 Å². The van der Waals surface area contributed by atoms with E-state index in [-0.39, 0.29) is 18.8 Å². The van der Waals surface area contributed by atoms with Gasteiger partial charge in [0.05, 0.1) is 24.1 Å². The Bertz CT molecular complexity index is 570. The van der Waals surface area contributed by atoms with Gasteiger partial charge in [0.2, 0.25) is 0 Å². The van der Waals surface area contributed by atoms with E-state index in [1.807, 2.05) is 47.3 Å². The summed E-state index contributed by atoms with van der Waals surface area (Å²) in [5.74, 6) is 0. The number of likely N-dealkylation sites (tertiary alicyclic amines) is 1. The predicted molar refractivity (Wildman–Crippen MR) is 80.3 cm³/mol. The Balaban J connectivity index is 1.70. The van der Waals surface area contributed by atoms with Crippen molar-refractivity contribution in [2.24, 2.45) is 0 Å². The van der Waals surface area contributed by atoms with E-state index in [0.717, 1.165) is 30.9 Å². The topological polar surface area (TPSA) is 50.5 Å². The van der Waals surface area contributed by atoms with Gasteiger partial charge in [0.1, 0.15) is 0 Å². The summed E-state index contributed by atoms with van der Waals surface area (Å²) in [6.07, 6.45) is 3.06. The van der Waals surface area contributed by atoms with Gasteiger partial charge in [-0.1, -0.05) is 18.2 Å². The van der Waals surface area contributed by atoms with E-state index in [2.05, 4.69) is 10.00 Å². The summed E-state index contributed by atoms with van der Waals surface area (Å²) in [7, 11) is 1.73. The molecule has 5 heteroatoms. The molecule has 0 amide bonds. The minimum absolute atomic E-state index is 0.164. The van der Waals surface area contributed by atoms with E-state index >= 15 is 0 Å². The quantitative estimate of drug-likeness (QED) is 0.904. The van der Waals surface area contributed by atoms with Gasteiger partial charge in [0.25, 0.3) is 0 Å². The van der Waals surface area contributed by atoms with Crippen LogP contribution in [0.4, 0.5) is 0 Å². The molecule has 2 aromatic rings. The van der Waals surface area contributed by atoms with Crippen LogP contribution in [0.2, 0.25) is 0 Å². The fraction of sp³-hybridized carbons (Fsp3) is 0.438. The highest BCUT2D eigenvalue weighted by atomic mass is 16.5. The lowest BCUT2D eigenvalue weighted by Gasteiger charge is -2.20. The number of benzene rings is 1. The molecule has 0 spiro atoms. The summed E-state index contributed by atoms with van der Waals surface area (Å²) in [5, 5.41) is 14.1. The summed E-state index contributed by atoms with van der Waals surface area (Å²) in [5.41, 5.74) is 2.06. The monoisotopic (exact) mass is 287 g/mol. The molecule has 0 unspecified atom stereocenters. The highest BCUT2D eigenvalue weighted by molar-refractivity contribution is 5.30. The third-order valence-electron chi connectivity index (χ3n) is 4.06. The molecule has 1 fully saturated rings. The second-order valence-electron chi connectivity index (χ2n) is 5.45. The summed E-state index contributed by atoms with van der Waals surface area (Å²) in [6, 6.07) is 12.3. The molecule has 5 nitrogen and oxygen atoms in total. The zero-order valence-electron chi connectivity index (χ0n) is 12.2. The Morgan fingerprint density at radius 3 is 2.81 bits per heavy atom. The first-order valence-electron chi connectivity index (χ1n) is 7.28. The molecule has 112 valence electrons. The number of methoxy groups -OCH3 is 1. The Morgan fingerprint density at radius 1 is 1.29 bits per heavy atom. The van der Waals surface area contributed by atoms with Crippen molar-refractivity contribution in [2.45, 2.75) is 25.1 Å². The normalized spacial score (nSPS) is 22.8. The molecule has 1 saturated heterocycles. The number of hydrogen-bond donors (Lipinski definition) is 1. The average Bonchev–Trinajstić information content (AvgIpc) is 3.15. The lowest BCUT2D eigenvalue weighted by molar-refractivity contribution is 0.107. The first kappa shape index (κ1) is 14.3. The zero-order chi connectivity index (χ0) is 14.7. The van der Waals surface area contributed by atoms with Crippen molar-refractivity contribution in [2.75, 3.05) is 20.3 Å². The number of aliphatic hydroxyl groups excluding tert-OH is 1. The molecular weight excluding hydrogens is 266 g/mol. The summed E-state index contributed by atoms with van der Waals surface area (Å²) in [6.45, 7) is 1.75. The number of hydrogen-bond acceptors (Lipinski definition) is 4. The van der Waals surface area contributed by atoms with Crippen molar-refractivity contribution in [3.05, 3.63) is 48.3 Å². The van der Waals surface area contributed by atoms with E-state index in [0.29, 0.717) is 0 Å². The minimum atomic E-state index is 0.164. The molecule has 0 bridgehead atoms. The lowest BCUT2D eigenvalue weighted by atomic mass is 10.2. The van der Waals surface area contributed by atoms with Crippen molar-refractivity contribution in [1.29, 1.82) is 0 Å². The van der Waals surface area contributed by atoms with Gasteiger partial charge in [0.15, 0.2) is 0 Å². The molecule has 21 heavy (non-hydrogen) atoms. The van der Waals surface area contributed by atoms with Gasteiger partial charge in [-0.2, -0.15) is 5.10 Å². The lowest BCUT2D eigenvalue weighted by Crippen LogP contribution is -2.32. The van der Waals surface area contributed by atoms with Gasteiger partial charge in [-0.25, -0.2) is 4.68 Å². The molecule has 0 saturated carbocycles. The molecule has 1 aromatic heterocycles. The molecule has 0 aliphatic carbocycles. The van der Waals surface area contributed by atoms with E-state index in [1.54, 1.807) is 7.11 Å². The number of ether oxygens (including phenoxy) is 1. The maximum Gasteiger partial charge on any atom is 0.0769 e. The summed E-state index contributed by atoms with van der Waals surface area (Å²) >= 11 is 0.